The molecule has 0 saturated carbocycles. The highest BCUT2D eigenvalue weighted by molar-refractivity contribution is 5.37. The van der Waals surface area contributed by atoms with Crippen molar-refractivity contribution in [2.75, 3.05) is 32.7 Å². The summed E-state index contributed by atoms with van der Waals surface area (Å²) in [6.45, 7) is 5.87. The SMILES string of the molecule is NCC1(N2CCC(N3CCCC3)C2)Cc2ccccc2C1. The zero-order valence-corrected chi connectivity index (χ0v) is 12.9. The molecule has 3 nitrogen and oxygen atoms in total. The average Bonchev–Trinajstić information content (AvgIpc) is 3.24. The first-order valence-corrected chi connectivity index (χ1v) is 8.57. The average molecular weight is 285 g/mol. The van der Waals surface area contributed by atoms with Crippen LogP contribution in [0.25, 0.3) is 0 Å². The zero-order valence-electron chi connectivity index (χ0n) is 12.9. The van der Waals surface area contributed by atoms with E-state index in [4.69, 9.17) is 5.73 Å². The number of fused-ring (bicyclic) bond motifs is 1. The van der Waals surface area contributed by atoms with Crippen LogP contribution in [-0.2, 0) is 12.8 Å². The third kappa shape index (κ3) is 2.32. The lowest BCUT2D eigenvalue weighted by molar-refractivity contribution is 0.119. The normalized spacial score (nSPS) is 29.1. The van der Waals surface area contributed by atoms with Crippen molar-refractivity contribution >= 4 is 0 Å². The smallest absolute Gasteiger partial charge is 0.0412 e. The molecule has 2 heterocycles. The predicted molar refractivity (Wildman–Crippen MR) is 86.4 cm³/mol. The summed E-state index contributed by atoms with van der Waals surface area (Å²) < 4.78 is 0. The van der Waals surface area contributed by atoms with Crippen molar-refractivity contribution in [1.82, 2.24) is 9.80 Å². The Morgan fingerprint density at radius 2 is 1.71 bits per heavy atom. The van der Waals surface area contributed by atoms with E-state index in [1.165, 1.54) is 56.6 Å². The molecule has 114 valence electrons. The van der Waals surface area contributed by atoms with Crippen LogP contribution in [0.3, 0.4) is 0 Å². The molecule has 1 aromatic carbocycles. The summed E-state index contributed by atoms with van der Waals surface area (Å²) in [5.74, 6) is 0. The van der Waals surface area contributed by atoms with Crippen LogP contribution in [0.2, 0.25) is 0 Å². The van der Waals surface area contributed by atoms with E-state index in [-0.39, 0.29) is 5.54 Å². The molecule has 21 heavy (non-hydrogen) atoms. The lowest BCUT2D eigenvalue weighted by Crippen LogP contribution is -2.54. The maximum atomic E-state index is 6.27. The summed E-state index contributed by atoms with van der Waals surface area (Å²) >= 11 is 0. The molecule has 0 radical (unpaired) electrons. The highest BCUT2D eigenvalue weighted by Gasteiger charge is 2.44. The Morgan fingerprint density at radius 1 is 1.05 bits per heavy atom. The first-order chi connectivity index (χ1) is 10.3. The van der Waals surface area contributed by atoms with Crippen molar-refractivity contribution in [3.05, 3.63) is 35.4 Å². The van der Waals surface area contributed by atoms with Crippen molar-refractivity contribution in [2.45, 2.75) is 43.7 Å². The Morgan fingerprint density at radius 3 is 2.33 bits per heavy atom. The maximum Gasteiger partial charge on any atom is 0.0412 e. The van der Waals surface area contributed by atoms with Crippen LogP contribution in [0.1, 0.15) is 30.4 Å². The third-order valence-electron chi connectivity index (χ3n) is 6.03. The third-order valence-corrected chi connectivity index (χ3v) is 6.03. The van der Waals surface area contributed by atoms with Gasteiger partial charge in [0.2, 0.25) is 0 Å². The van der Waals surface area contributed by atoms with Gasteiger partial charge in [0.25, 0.3) is 0 Å². The Labute approximate surface area is 128 Å². The van der Waals surface area contributed by atoms with Gasteiger partial charge in [-0.1, -0.05) is 24.3 Å². The highest BCUT2D eigenvalue weighted by atomic mass is 15.3. The van der Waals surface area contributed by atoms with Crippen molar-refractivity contribution in [3.8, 4) is 0 Å². The van der Waals surface area contributed by atoms with Crippen LogP contribution in [0.4, 0.5) is 0 Å². The molecule has 0 aromatic heterocycles. The van der Waals surface area contributed by atoms with Gasteiger partial charge in [0.1, 0.15) is 0 Å². The van der Waals surface area contributed by atoms with Gasteiger partial charge in [-0.25, -0.2) is 0 Å². The van der Waals surface area contributed by atoms with Gasteiger partial charge in [0.15, 0.2) is 0 Å². The van der Waals surface area contributed by atoms with E-state index in [2.05, 4.69) is 34.1 Å². The van der Waals surface area contributed by atoms with Gasteiger partial charge in [0, 0.05) is 31.2 Å². The molecule has 0 spiro atoms. The van der Waals surface area contributed by atoms with Gasteiger partial charge < -0.3 is 5.73 Å². The molecule has 0 bridgehead atoms. The number of likely N-dealkylation sites (tertiary alicyclic amines) is 2. The summed E-state index contributed by atoms with van der Waals surface area (Å²) in [4.78, 5) is 5.43. The zero-order chi connectivity index (χ0) is 14.3. The van der Waals surface area contributed by atoms with Gasteiger partial charge in [-0.15, -0.1) is 0 Å². The molecule has 3 heteroatoms. The largest absolute Gasteiger partial charge is 0.329 e. The Hall–Kier alpha value is -0.900. The van der Waals surface area contributed by atoms with Gasteiger partial charge in [-0.3, -0.25) is 9.80 Å². The lowest BCUT2D eigenvalue weighted by Gasteiger charge is -2.38. The molecule has 1 aromatic rings. The fourth-order valence-corrected chi connectivity index (χ4v) is 4.75. The van der Waals surface area contributed by atoms with Crippen LogP contribution < -0.4 is 5.73 Å². The van der Waals surface area contributed by atoms with Gasteiger partial charge >= 0.3 is 0 Å². The van der Waals surface area contributed by atoms with Crippen molar-refractivity contribution < 1.29 is 0 Å². The number of hydrogen-bond acceptors (Lipinski definition) is 3. The molecule has 2 aliphatic heterocycles. The fraction of sp³-hybridized carbons (Fsp3) is 0.667. The minimum absolute atomic E-state index is 0.193. The van der Waals surface area contributed by atoms with Crippen LogP contribution in [0.15, 0.2) is 24.3 Å². The van der Waals surface area contributed by atoms with Crippen molar-refractivity contribution in [1.29, 1.82) is 0 Å². The molecule has 1 aliphatic carbocycles. The number of nitrogens with zero attached hydrogens (tertiary/aromatic N) is 2. The molecule has 2 fully saturated rings. The molecule has 1 unspecified atom stereocenters. The molecule has 4 rings (SSSR count). The second kappa shape index (κ2) is 5.38. The number of nitrogens with two attached hydrogens (primary N) is 1. The Bertz CT molecular complexity index is 482. The summed E-state index contributed by atoms with van der Waals surface area (Å²) in [7, 11) is 0. The number of benzene rings is 1. The first kappa shape index (κ1) is 13.7. The van der Waals surface area contributed by atoms with E-state index >= 15 is 0 Å². The standard InChI is InChI=1S/C18H27N3/c19-14-18(11-15-5-1-2-6-16(15)12-18)21-10-7-17(13-21)20-8-3-4-9-20/h1-2,5-6,17H,3-4,7-14,19H2. The monoisotopic (exact) mass is 285 g/mol. The van der Waals surface area contributed by atoms with Gasteiger partial charge in [-0.05, 0) is 56.3 Å². The second-order valence-corrected chi connectivity index (χ2v) is 7.18. The molecule has 3 aliphatic rings. The summed E-state index contributed by atoms with van der Waals surface area (Å²) in [6, 6.07) is 9.70. The minimum Gasteiger partial charge on any atom is -0.329 e. The van der Waals surface area contributed by atoms with E-state index < -0.39 is 0 Å². The lowest BCUT2D eigenvalue weighted by atomic mass is 9.93. The summed E-state index contributed by atoms with van der Waals surface area (Å²) in [5.41, 5.74) is 9.51. The van der Waals surface area contributed by atoms with Gasteiger partial charge in [-0.2, -0.15) is 0 Å². The van der Waals surface area contributed by atoms with Crippen molar-refractivity contribution in [3.63, 3.8) is 0 Å². The van der Waals surface area contributed by atoms with E-state index in [1.807, 2.05) is 0 Å². The van der Waals surface area contributed by atoms with E-state index in [0.29, 0.717) is 0 Å². The predicted octanol–water partition coefficient (Wildman–Crippen LogP) is 1.65. The van der Waals surface area contributed by atoms with Crippen LogP contribution >= 0.6 is 0 Å². The molecule has 1 atom stereocenters. The highest BCUT2D eigenvalue weighted by Crippen LogP contribution is 2.37. The minimum atomic E-state index is 0.193. The molecular weight excluding hydrogens is 258 g/mol. The molecule has 0 amide bonds. The van der Waals surface area contributed by atoms with Crippen LogP contribution in [0.5, 0.6) is 0 Å². The summed E-state index contributed by atoms with van der Waals surface area (Å²) in [6.07, 6.45) is 6.41. The fourth-order valence-electron chi connectivity index (χ4n) is 4.75. The summed E-state index contributed by atoms with van der Waals surface area (Å²) in [5, 5.41) is 0. The molecule has 2 N–H and O–H groups in total. The molecular formula is C18H27N3. The topological polar surface area (TPSA) is 32.5 Å². The van der Waals surface area contributed by atoms with E-state index in [9.17, 15) is 0 Å². The quantitative estimate of drug-likeness (QED) is 0.916. The first-order valence-electron chi connectivity index (χ1n) is 8.57. The Kier molecular flexibility index (Phi) is 3.52. The van der Waals surface area contributed by atoms with E-state index in [0.717, 1.165) is 25.4 Å². The van der Waals surface area contributed by atoms with Gasteiger partial charge in [0.05, 0.1) is 0 Å². The van der Waals surface area contributed by atoms with Crippen LogP contribution in [0, 0.1) is 0 Å². The Balaban J connectivity index is 1.50. The number of rotatable bonds is 3. The molecule has 2 saturated heterocycles. The van der Waals surface area contributed by atoms with Crippen molar-refractivity contribution in [2.24, 2.45) is 5.73 Å². The van der Waals surface area contributed by atoms with Crippen LogP contribution in [-0.4, -0.2) is 54.1 Å². The maximum absolute atomic E-state index is 6.27. The second-order valence-electron chi connectivity index (χ2n) is 7.18. The number of hydrogen-bond donors (Lipinski definition) is 1. The van der Waals surface area contributed by atoms with E-state index in [1.54, 1.807) is 0 Å².